The van der Waals surface area contributed by atoms with Gasteiger partial charge in [-0.1, -0.05) is 0 Å². The Morgan fingerprint density at radius 2 is 1.57 bits per heavy atom. The van der Waals surface area contributed by atoms with Crippen LogP contribution in [0.5, 0.6) is 11.5 Å². The largest absolute Gasteiger partial charge is 0.497 e. The van der Waals surface area contributed by atoms with E-state index in [1.165, 1.54) is 38.5 Å². The van der Waals surface area contributed by atoms with Crippen LogP contribution in [0, 0.1) is 23.7 Å². The molecule has 5 rings (SSSR count). The van der Waals surface area contributed by atoms with Crippen LogP contribution in [0.4, 0.5) is 11.4 Å². The Hall–Kier alpha value is -3.30. The lowest BCUT2D eigenvalue weighted by Crippen LogP contribution is -2.37. The van der Waals surface area contributed by atoms with Gasteiger partial charge in [0.25, 0.3) is 5.91 Å². The molecule has 0 spiro atoms. The van der Waals surface area contributed by atoms with Crippen LogP contribution in [-0.2, 0) is 19.1 Å². The molecule has 0 unspecified atom stereocenters. The fraction of sp³-hybridized carbons (Fsp3) is 0.385. The van der Waals surface area contributed by atoms with E-state index in [2.05, 4.69) is 5.32 Å². The number of nitrogens with zero attached hydrogens (tertiary/aromatic N) is 1. The molecule has 2 aromatic carbocycles. The van der Waals surface area contributed by atoms with Gasteiger partial charge in [-0.3, -0.25) is 19.3 Å². The van der Waals surface area contributed by atoms with Crippen molar-refractivity contribution < 1.29 is 33.4 Å². The molecule has 2 bridgehead atoms. The number of amides is 3. The number of halogens is 2. The van der Waals surface area contributed by atoms with Gasteiger partial charge in [-0.15, -0.1) is 23.2 Å². The topological polar surface area (TPSA) is 111 Å². The number of fused-ring (bicyclic) bond motifs is 5. The van der Waals surface area contributed by atoms with Crippen molar-refractivity contribution in [2.24, 2.45) is 23.7 Å². The summed E-state index contributed by atoms with van der Waals surface area (Å²) in [5, 5.41) is 1.96. The monoisotopic (exact) mass is 546 g/mol. The molecule has 0 radical (unpaired) electrons. The van der Waals surface area contributed by atoms with Crippen LogP contribution in [0.15, 0.2) is 42.5 Å². The average Bonchev–Trinajstić information content (AvgIpc) is 3.52. The van der Waals surface area contributed by atoms with Crippen LogP contribution in [0.1, 0.15) is 16.8 Å². The van der Waals surface area contributed by atoms with Gasteiger partial charge in [0.2, 0.25) is 11.8 Å². The average molecular weight is 547 g/mol. The predicted octanol–water partition coefficient (Wildman–Crippen LogP) is 3.47. The van der Waals surface area contributed by atoms with E-state index in [0.29, 0.717) is 29.3 Å². The van der Waals surface area contributed by atoms with Gasteiger partial charge in [0.05, 0.1) is 53.7 Å². The highest BCUT2D eigenvalue weighted by atomic mass is 35.5. The third-order valence-corrected chi connectivity index (χ3v) is 8.68. The number of carbonyl (C=O) groups excluding carboxylic acids is 4. The Labute approximate surface area is 222 Å². The van der Waals surface area contributed by atoms with Gasteiger partial charge in [-0.2, -0.15) is 0 Å². The molecule has 2 aliphatic carbocycles. The third-order valence-electron chi connectivity index (χ3n) is 7.36. The van der Waals surface area contributed by atoms with E-state index in [1.807, 2.05) is 0 Å². The first kappa shape index (κ1) is 25.4. The van der Waals surface area contributed by atoms with Gasteiger partial charge in [-0.25, -0.2) is 4.79 Å². The third kappa shape index (κ3) is 4.30. The van der Waals surface area contributed by atoms with E-state index >= 15 is 0 Å². The van der Waals surface area contributed by atoms with Crippen molar-refractivity contribution in [3.05, 3.63) is 48.0 Å². The van der Waals surface area contributed by atoms with E-state index in [9.17, 15) is 19.2 Å². The van der Waals surface area contributed by atoms with E-state index in [1.54, 1.807) is 18.2 Å². The molecule has 6 atom stereocenters. The molecule has 0 aromatic heterocycles. The zero-order valence-corrected chi connectivity index (χ0v) is 21.5. The summed E-state index contributed by atoms with van der Waals surface area (Å²) in [7, 11) is 2.96. The molecule has 1 saturated heterocycles. The summed E-state index contributed by atoms with van der Waals surface area (Å²) < 4.78 is 15.5. The maximum atomic E-state index is 13.1. The van der Waals surface area contributed by atoms with Crippen molar-refractivity contribution in [1.82, 2.24) is 0 Å². The van der Waals surface area contributed by atoms with Crippen LogP contribution < -0.4 is 19.7 Å². The van der Waals surface area contributed by atoms with Crippen molar-refractivity contribution >= 4 is 58.3 Å². The van der Waals surface area contributed by atoms with Crippen LogP contribution in [0.3, 0.4) is 0 Å². The second-order valence-electron chi connectivity index (χ2n) is 9.25. The molecule has 3 amide bonds. The van der Waals surface area contributed by atoms with Crippen LogP contribution in [0.25, 0.3) is 0 Å². The molecule has 9 nitrogen and oxygen atoms in total. The number of benzene rings is 2. The van der Waals surface area contributed by atoms with Crippen LogP contribution >= 0.6 is 23.2 Å². The normalized spacial score (nSPS) is 27.7. The molecule has 2 saturated carbocycles. The summed E-state index contributed by atoms with van der Waals surface area (Å²) in [6, 6.07) is 10.8. The summed E-state index contributed by atoms with van der Waals surface area (Å²) in [6.07, 6.45) is 0.686. The fourth-order valence-corrected chi connectivity index (χ4v) is 6.56. The molecule has 194 valence electrons. The Kier molecular flexibility index (Phi) is 6.76. The summed E-state index contributed by atoms with van der Waals surface area (Å²) in [5.41, 5.74) is 0.892. The number of esters is 1. The summed E-state index contributed by atoms with van der Waals surface area (Å²) >= 11 is 12.8. The van der Waals surface area contributed by atoms with Gasteiger partial charge in [0.15, 0.2) is 6.61 Å². The van der Waals surface area contributed by atoms with E-state index in [-0.39, 0.29) is 40.0 Å². The van der Waals surface area contributed by atoms with E-state index in [0.717, 1.165) is 4.90 Å². The Morgan fingerprint density at radius 1 is 0.946 bits per heavy atom. The second-order valence-corrected chi connectivity index (χ2v) is 10.3. The maximum Gasteiger partial charge on any atom is 0.338 e. The molecule has 1 aliphatic heterocycles. The van der Waals surface area contributed by atoms with Gasteiger partial charge in [0, 0.05) is 6.07 Å². The first-order valence-electron chi connectivity index (χ1n) is 11.7. The Bertz CT molecular complexity index is 1240. The quantitative estimate of drug-likeness (QED) is 0.321. The summed E-state index contributed by atoms with van der Waals surface area (Å²) in [5.74, 6) is -2.07. The molecule has 1 N–H and O–H groups in total. The molecule has 1 heterocycles. The first-order valence-corrected chi connectivity index (χ1v) is 12.6. The number of ether oxygens (including phenoxy) is 3. The van der Waals surface area contributed by atoms with Crippen molar-refractivity contribution in [3.8, 4) is 11.5 Å². The minimum atomic E-state index is -0.733. The Balaban J connectivity index is 1.21. The van der Waals surface area contributed by atoms with Gasteiger partial charge in [0.1, 0.15) is 11.5 Å². The SMILES string of the molecule is COc1ccc(OC)c(NC(=O)COC(=O)c2ccc(N3C(=O)[C@@H]4[C@H]5C[C@@H]([C@H](Cl)[C@@H]5Cl)[C@@H]4C3=O)cc2)c1. The number of nitrogens with one attached hydrogen (secondary N) is 1. The molecule has 37 heavy (non-hydrogen) atoms. The molecule has 3 fully saturated rings. The second kappa shape index (κ2) is 9.87. The summed E-state index contributed by atoms with van der Waals surface area (Å²) in [6.45, 7) is -0.532. The number of hydrogen-bond donors (Lipinski definition) is 1. The highest BCUT2D eigenvalue weighted by molar-refractivity contribution is 6.32. The minimum absolute atomic E-state index is 0.113. The minimum Gasteiger partial charge on any atom is -0.497 e. The predicted molar refractivity (Wildman–Crippen MR) is 135 cm³/mol. The first-order chi connectivity index (χ1) is 17.7. The Morgan fingerprint density at radius 3 is 2.14 bits per heavy atom. The van der Waals surface area contributed by atoms with E-state index in [4.69, 9.17) is 37.4 Å². The lowest BCUT2D eigenvalue weighted by atomic mass is 9.80. The molecular formula is C26H24Cl2N2O7. The van der Waals surface area contributed by atoms with Crippen molar-refractivity contribution in [2.45, 2.75) is 17.2 Å². The van der Waals surface area contributed by atoms with Gasteiger partial charge < -0.3 is 19.5 Å². The number of hydrogen-bond acceptors (Lipinski definition) is 7. The number of carbonyl (C=O) groups is 4. The number of alkyl halides is 2. The van der Waals surface area contributed by atoms with Gasteiger partial charge >= 0.3 is 5.97 Å². The molecule has 11 heteroatoms. The highest BCUT2D eigenvalue weighted by Gasteiger charge is 2.66. The lowest BCUT2D eigenvalue weighted by molar-refractivity contribution is -0.123. The highest BCUT2D eigenvalue weighted by Crippen LogP contribution is 2.59. The number of imide groups is 1. The maximum absolute atomic E-state index is 13.1. The molecular weight excluding hydrogens is 523 g/mol. The smallest absolute Gasteiger partial charge is 0.338 e. The lowest BCUT2D eigenvalue weighted by Gasteiger charge is -2.28. The summed E-state index contributed by atoms with van der Waals surface area (Å²) in [4.78, 5) is 52.2. The van der Waals surface area contributed by atoms with Crippen molar-refractivity contribution in [1.29, 1.82) is 0 Å². The standard InChI is InChI=1S/C26H24Cl2N2O7/c1-35-14-7-8-18(36-2)17(9-14)29-19(31)11-37-26(34)12-3-5-13(6-4-12)30-24(32)20-15-10-16(21(20)25(30)33)23(28)22(15)27/h3-9,15-16,20-23H,10-11H2,1-2H3,(H,29,31)/t15-,16-,20-,21+,22-,23+/m1/s1. The number of anilines is 2. The van der Waals surface area contributed by atoms with Crippen LogP contribution in [0.2, 0.25) is 0 Å². The zero-order chi connectivity index (χ0) is 26.4. The molecule has 2 aromatic rings. The fourth-order valence-electron chi connectivity index (χ4n) is 5.66. The van der Waals surface area contributed by atoms with E-state index < -0.39 is 30.3 Å². The van der Waals surface area contributed by atoms with Gasteiger partial charge in [-0.05, 0) is 54.7 Å². The van der Waals surface area contributed by atoms with Crippen LogP contribution in [-0.4, -0.2) is 55.3 Å². The van der Waals surface area contributed by atoms with Crippen molar-refractivity contribution in [2.75, 3.05) is 31.0 Å². The van der Waals surface area contributed by atoms with Crippen molar-refractivity contribution in [3.63, 3.8) is 0 Å². The number of rotatable bonds is 7. The molecule has 3 aliphatic rings. The zero-order valence-electron chi connectivity index (χ0n) is 20.0. The number of methoxy groups -OCH3 is 2.